The zero-order chi connectivity index (χ0) is 14.8. The Labute approximate surface area is 114 Å². The predicted octanol–water partition coefficient (Wildman–Crippen LogP) is -1.84. The second kappa shape index (κ2) is 9.61. The van der Waals surface area contributed by atoms with Gasteiger partial charge in [-0.15, -0.1) is 0 Å². The van der Waals surface area contributed by atoms with E-state index in [0.717, 1.165) is 6.26 Å². The first-order valence-electron chi connectivity index (χ1n) is 5.72. The van der Waals surface area contributed by atoms with E-state index in [0.29, 0.717) is 13.2 Å². The lowest BCUT2D eigenvalue weighted by molar-refractivity contribution is 0.153. The molecule has 0 spiro atoms. The van der Waals surface area contributed by atoms with Crippen LogP contribution >= 0.6 is 0 Å². The maximum atomic E-state index is 11.4. The fourth-order valence-electron chi connectivity index (χ4n) is 0.966. The van der Waals surface area contributed by atoms with Gasteiger partial charge in [0.1, 0.15) is 9.84 Å². The van der Waals surface area contributed by atoms with Crippen LogP contribution in [-0.4, -0.2) is 74.7 Å². The fraction of sp³-hybridized carbons (Fsp3) is 1.00. The van der Waals surface area contributed by atoms with Crippen LogP contribution in [0.1, 0.15) is 0 Å². The van der Waals surface area contributed by atoms with Crippen LogP contribution in [0.3, 0.4) is 0 Å². The SMILES string of the molecule is CNCCOCS(=O)(=O)NCCOCCS(C)(=O)=O. The largest absolute Gasteiger partial charge is 0.379 e. The topological polar surface area (TPSA) is 111 Å². The van der Waals surface area contributed by atoms with Crippen LogP contribution in [-0.2, 0) is 29.3 Å². The van der Waals surface area contributed by atoms with Gasteiger partial charge in [-0.05, 0) is 7.05 Å². The molecule has 0 saturated carbocycles. The lowest BCUT2D eigenvalue weighted by atomic mass is 10.7. The molecule has 0 amide bonds. The van der Waals surface area contributed by atoms with E-state index in [9.17, 15) is 16.8 Å². The van der Waals surface area contributed by atoms with E-state index in [1.54, 1.807) is 7.05 Å². The minimum Gasteiger partial charge on any atom is -0.379 e. The van der Waals surface area contributed by atoms with Crippen LogP contribution in [0.4, 0.5) is 0 Å². The summed E-state index contributed by atoms with van der Waals surface area (Å²) < 4.78 is 56.5. The van der Waals surface area contributed by atoms with Crippen LogP contribution in [0.15, 0.2) is 0 Å². The molecule has 0 aliphatic heterocycles. The van der Waals surface area contributed by atoms with E-state index in [2.05, 4.69) is 10.0 Å². The zero-order valence-corrected chi connectivity index (χ0v) is 12.8. The predicted molar refractivity (Wildman–Crippen MR) is 72.2 cm³/mol. The molecule has 0 aromatic rings. The Balaban J connectivity index is 3.58. The van der Waals surface area contributed by atoms with Crippen molar-refractivity contribution >= 4 is 19.9 Å². The average Bonchev–Trinajstić information content (AvgIpc) is 2.28. The third-order valence-corrected chi connectivity index (χ3v) is 3.93. The van der Waals surface area contributed by atoms with Crippen molar-refractivity contribution in [3.63, 3.8) is 0 Å². The summed E-state index contributed by atoms with van der Waals surface area (Å²) in [4.78, 5) is 0. The number of nitrogens with one attached hydrogen (secondary N) is 2. The fourth-order valence-corrected chi connectivity index (χ4v) is 2.20. The van der Waals surface area contributed by atoms with E-state index in [-0.39, 0.29) is 25.5 Å². The van der Waals surface area contributed by atoms with Crippen molar-refractivity contribution in [1.82, 2.24) is 10.0 Å². The van der Waals surface area contributed by atoms with Crippen LogP contribution in [0.5, 0.6) is 0 Å². The minimum absolute atomic E-state index is 0.0548. The summed E-state index contributed by atoms with van der Waals surface area (Å²) in [5.74, 6) is -0.481. The molecular formula is C9H22N2O6S2. The molecule has 0 unspecified atom stereocenters. The molecular weight excluding hydrogens is 296 g/mol. The molecule has 0 aliphatic rings. The van der Waals surface area contributed by atoms with Crippen LogP contribution in [0, 0.1) is 0 Å². The molecule has 0 bridgehead atoms. The lowest BCUT2D eigenvalue weighted by Gasteiger charge is -2.08. The number of rotatable bonds is 12. The first-order chi connectivity index (χ1) is 8.77. The molecule has 0 rings (SSSR count). The van der Waals surface area contributed by atoms with Crippen molar-refractivity contribution in [1.29, 1.82) is 0 Å². The molecule has 0 fully saturated rings. The van der Waals surface area contributed by atoms with Gasteiger partial charge in [0.25, 0.3) is 0 Å². The van der Waals surface area contributed by atoms with Crippen LogP contribution in [0.2, 0.25) is 0 Å². The second-order valence-corrected chi connectivity index (χ2v) is 7.89. The summed E-state index contributed by atoms with van der Waals surface area (Å²) in [6.45, 7) is 1.14. The standard InChI is InChI=1S/C9H22N2O6S2/c1-10-3-5-17-9-19(14,15)11-4-6-16-7-8-18(2,12)13/h10-11H,3-9H2,1-2H3. The third kappa shape index (κ3) is 14.0. The summed E-state index contributed by atoms with van der Waals surface area (Å²) in [6.07, 6.45) is 1.11. The van der Waals surface area contributed by atoms with E-state index >= 15 is 0 Å². The quantitative estimate of drug-likeness (QED) is 0.407. The van der Waals surface area contributed by atoms with Gasteiger partial charge in [-0.3, -0.25) is 0 Å². The smallest absolute Gasteiger partial charge is 0.235 e. The van der Waals surface area contributed by atoms with Gasteiger partial charge >= 0.3 is 0 Å². The van der Waals surface area contributed by atoms with Crippen molar-refractivity contribution in [3.05, 3.63) is 0 Å². The average molecular weight is 318 g/mol. The van der Waals surface area contributed by atoms with Gasteiger partial charge in [-0.1, -0.05) is 0 Å². The first kappa shape index (κ1) is 18.7. The number of ether oxygens (including phenoxy) is 2. The highest BCUT2D eigenvalue weighted by Crippen LogP contribution is 1.87. The maximum absolute atomic E-state index is 11.4. The van der Waals surface area contributed by atoms with Crippen molar-refractivity contribution in [2.24, 2.45) is 0 Å². The Hall–Kier alpha value is -0.260. The molecule has 8 nitrogen and oxygen atoms in total. The first-order valence-corrected chi connectivity index (χ1v) is 9.43. The molecule has 0 atom stereocenters. The molecule has 0 aromatic heterocycles. The molecule has 0 saturated heterocycles. The molecule has 116 valence electrons. The van der Waals surface area contributed by atoms with Crippen LogP contribution < -0.4 is 10.0 Å². The van der Waals surface area contributed by atoms with Gasteiger partial charge < -0.3 is 14.8 Å². The summed E-state index contributed by atoms with van der Waals surface area (Å²) in [6, 6.07) is 0. The minimum atomic E-state index is -3.48. The number of sulfone groups is 1. The monoisotopic (exact) mass is 318 g/mol. The molecule has 19 heavy (non-hydrogen) atoms. The summed E-state index contributed by atoms with van der Waals surface area (Å²) in [5, 5.41) is 2.82. The van der Waals surface area contributed by atoms with Crippen molar-refractivity contribution < 1.29 is 26.3 Å². The van der Waals surface area contributed by atoms with E-state index in [4.69, 9.17) is 9.47 Å². The van der Waals surface area contributed by atoms with Gasteiger partial charge in [-0.2, -0.15) is 0 Å². The summed E-state index contributed by atoms with van der Waals surface area (Å²) in [5.41, 5.74) is 0. The van der Waals surface area contributed by atoms with Crippen molar-refractivity contribution in [3.8, 4) is 0 Å². The number of hydrogen-bond donors (Lipinski definition) is 2. The second-order valence-electron chi connectivity index (χ2n) is 3.88. The Kier molecular flexibility index (Phi) is 9.48. The Bertz CT molecular complexity index is 420. The van der Waals surface area contributed by atoms with Gasteiger partial charge in [-0.25, -0.2) is 21.6 Å². The molecule has 0 radical (unpaired) electrons. The highest BCUT2D eigenvalue weighted by molar-refractivity contribution is 7.90. The number of likely N-dealkylation sites (N-methyl/N-ethyl adjacent to an activating group) is 1. The Morgan fingerprint density at radius 1 is 0.947 bits per heavy atom. The lowest BCUT2D eigenvalue weighted by Crippen LogP contribution is -2.31. The third-order valence-electron chi connectivity index (χ3n) is 1.90. The Morgan fingerprint density at radius 2 is 1.58 bits per heavy atom. The molecule has 0 aromatic carbocycles. The van der Waals surface area contributed by atoms with E-state index in [1.807, 2.05) is 0 Å². The van der Waals surface area contributed by atoms with Crippen molar-refractivity contribution in [2.45, 2.75) is 0 Å². The molecule has 0 aliphatic carbocycles. The number of hydrogen-bond acceptors (Lipinski definition) is 7. The van der Waals surface area contributed by atoms with E-state index < -0.39 is 25.8 Å². The highest BCUT2D eigenvalue weighted by Gasteiger charge is 2.09. The summed E-state index contributed by atoms with van der Waals surface area (Å²) >= 11 is 0. The van der Waals surface area contributed by atoms with E-state index in [1.165, 1.54) is 0 Å². The summed E-state index contributed by atoms with van der Waals surface area (Å²) in [7, 11) is -4.78. The molecule has 0 heterocycles. The van der Waals surface area contributed by atoms with Crippen LogP contribution in [0.25, 0.3) is 0 Å². The molecule has 10 heteroatoms. The Morgan fingerprint density at radius 3 is 2.16 bits per heavy atom. The van der Waals surface area contributed by atoms with Gasteiger partial charge in [0, 0.05) is 19.3 Å². The number of sulfonamides is 1. The normalized spacial score (nSPS) is 12.7. The van der Waals surface area contributed by atoms with Gasteiger partial charge in [0.05, 0.1) is 25.6 Å². The van der Waals surface area contributed by atoms with Gasteiger partial charge in [0.2, 0.25) is 10.0 Å². The molecule has 2 N–H and O–H groups in total. The van der Waals surface area contributed by atoms with Crippen molar-refractivity contribution in [2.75, 3.05) is 57.9 Å². The zero-order valence-electron chi connectivity index (χ0n) is 11.2. The highest BCUT2D eigenvalue weighted by atomic mass is 32.2. The maximum Gasteiger partial charge on any atom is 0.235 e. The van der Waals surface area contributed by atoms with Gasteiger partial charge in [0.15, 0.2) is 5.94 Å².